The first-order valence-corrected chi connectivity index (χ1v) is 54.3. The summed E-state index contributed by atoms with van der Waals surface area (Å²) in [6, 6.07) is 174. The van der Waals surface area contributed by atoms with Crippen molar-refractivity contribution in [3.05, 3.63) is 508 Å². The number of benzene rings is 27. The molecule has 12 heteroatoms. The molecule has 0 radical (unpaired) electrons. The Balaban J connectivity index is 0.0000000864. The summed E-state index contributed by atoms with van der Waals surface area (Å²) in [5.74, 6) is 0. The number of fused-ring (bicyclic) bond motifs is 8. The van der Waals surface area contributed by atoms with Crippen LogP contribution >= 0.6 is 79.6 Å². The van der Waals surface area contributed by atoms with Gasteiger partial charge in [0.2, 0.25) is 0 Å². The third-order valence-electron chi connectivity index (χ3n) is 30.8. The lowest BCUT2D eigenvalue weighted by Crippen LogP contribution is -1.96. The van der Waals surface area contributed by atoms with E-state index >= 15 is 0 Å². The van der Waals surface area contributed by atoms with Gasteiger partial charge in [-0.25, -0.2) is 0 Å². The maximum Gasteiger partial charge on any atom is 0.135 e. The summed E-state index contributed by atoms with van der Waals surface area (Å²) in [5.41, 5.74) is 29.4. The van der Waals surface area contributed by atoms with E-state index in [-0.39, 0.29) is 0 Å². The Hall–Kier alpha value is -16.9. The molecule has 0 amide bonds. The average Bonchev–Trinajstić information content (AvgIpc) is 1.57. The second-order valence-corrected chi connectivity index (χ2v) is 43.6. The van der Waals surface area contributed by atoms with Crippen molar-refractivity contribution >= 4 is 308 Å². The molecule has 0 spiro atoms. The predicted octanol–water partition coefficient (Wildman–Crippen LogP) is 41.8. The van der Waals surface area contributed by atoms with Crippen molar-refractivity contribution in [1.82, 2.24) is 22.8 Å². The molecule has 0 atom stereocenters. The van der Waals surface area contributed by atoms with Crippen LogP contribution in [-0.2, 0) is 0 Å². The molecule has 0 aliphatic heterocycles. The summed E-state index contributed by atoms with van der Waals surface area (Å²) in [7, 11) is 0. The Morgan fingerprint density at radius 3 is 0.793 bits per heavy atom. The summed E-state index contributed by atoms with van der Waals surface area (Å²) in [6.07, 6.45) is 0. The third-order valence-corrected chi connectivity index (χ3v) is 33.5. The van der Waals surface area contributed by atoms with Crippen LogP contribution in [-0.4, -0.2) is 22.8 Å². The Kier molecular flexibility index (Phi) is 20.7. The number of aromatic nitrogens is 5. The smallest absolute Gasteiger partial charge is 0.135 e. The fraction of sp³-hybridized carbons (Fsp3) is 0. The molecule has 150 heavy (non-hydrogen) atoms. The van der Waals surface area contributed by atoms with Gasteiger partial charge in [-0.3, -0.25) is 0 Å². The highest BCUT2D eigenvalue weighted by atomic mass is 79.9. The molecule has 0 fully saturated rings. The van der Waals surface area contributed by atoms with Crippen LogP contribution in [0.25, 0.3) is 290 Å². The van der Waals surface area contributed by atoms with E-state index in [4.69, 9.17) is 8.83 Å². The van der Waals surface area contributed by atoms with E-state index in [9.17, 15) is 0 Å². The fourth-order valence-corrected chi connectivity index (χ4v) is 26.3. The van der Waals surface area contributed by atoms with Crippen LogP contribution in [0.1, 0.15) is 0 Å². The highest BCUT2D eigenvalue weighted by Crippen LogP contribution is 2.50. The normalized spacial score (nSPS) is 12.0. The van der Waals surface area contributed by atoms with E-state index in [1.54, 1.807) is 0 Å². The quantitative estimate of drug-likeness (QED) is 0.142. The maximum absolute atomic E-state index is 6.23. The molecule has 34 aromatic rings. The zero-order valence-electron chi connectivity index (χ0n) is 80.1. The molecule has 0 aliphatic carbocycles. The minimum Gasteiger partial charge on any atom is -0.456 e. The van der Waals surface area contributed by atoms with Crippen LogP contribution in [0.2, 0.25) is 0 Å². The lowest BCUT2D eigenvalue weighted by atomic mass is 9.97. The molecule has 704 valence electrons. The van der Waals surface area contributed by atoms with Gasteiger partial charge in [0.25, 0.3) is 0 Å². The number of nitrogens with zero attached hydrogens (tertiary/aromatic N) is 5. The van der Waals surface area contributed by atoms with E-state index in [0.717, 1.165) is 77.6 Å². The van der Waals surface area contributed by atoms with Crippen molar-refractivity contribution in [2.24, 2.45) is 0 Å². The van der Waals surface area contributed by atoms with E-state index in [1.165, 1.54) is 235 Å². The minimum atomic E-state index is 0.906. The van der Waals surface area contributed by atoms with Crippen LogP contribution in [0.3, 0.4) is 0 Å². The van der Waals surface area contributed by atoms with Gasteiger partial charge in [0.15, 0.2) is 0 Å². The zero-order valence-corrected chi connectivity index (χ0v) is 88.1. The molecule has 7 aromatic heterocycles. The number of rotatable bonds is 8. The summed E-state index contributed by atoms with van der Waals surface area (Å²) in [5, 5.41) is 35.9. The number of furan rings is 2. The Labute approximate surface area is 900 Å². The Bertz CT molecular complexity index is 11100. The van der Waals surface area contributed by atoms with Crippen LogP contribution in [0.15, 0.2) is 517 Å². The van der Waals surface area contributed by atoms with Gasteiger partial charge in [-0.05, 0) is 292 Å². The monoisotopic (exact) mass is 2230 g/mol. The maximum atomic E-state index is 6.23. The first-order chi connectivity index (χ1) is 73.9. The second kappa shape index (κ2) is 35.1. The molecule has 0 saturated heterocycles. The van der Waals surface area contributed by atoms with Gasteiger partial charge in [0.1, 0.15) is 22.3 Å². The van der Waals surface area contributed by atoms with Gasteiger partial charge in [-0.15, -0.1) is 0 Å². The van der Waals surface area contributed by atoms with Crippen LogP contribution < -0.4 is 0 Å². The summed E-state index contributed by atoms with van der Waals surface area (Å²) < 4.78 is 29.8. The highest BCUT2D eigenvalue weighted by molar-refractivity contribution is 9.11. The Morgan fingerprint density at radius 1 is 0.147 bits per heavy atom. The number of hydrogen-bond donors (Lipinski definition) is 0. The molecule has 27 aromatic carbocycles. The minimum absolute atomic E-state index is 0.906. The molecule has 0 unspecified atom stereocenters. The summed E-state index contributed by atoms with van der Waals surface area (Å²) >= 11 is 18.0. The third kappa shape index (κ3) is 14.1. The molecule has 0 saturated carbocycles. The van der Waals surface area contributed by atoms with Crippen molar-refractivity contribution in [3.63, 3.8) is 0 Å². The molecule has 7 nitrogen and oxygen atoms in total. The SMILES string of the molecule is Brc1ccc(-c2ccc(-n3c4cccc5ccc6cccc3c6c54)c3ccccc23)cc1.Brc1ccc(-n2c3cccc4ccc5cccc2c5c43)c2ccccc12.Brc1ccc2oc3ccc(-n4c5cccc6ccc7cccc4c7c65)cc3c2c1.Brc1cccc(-c2ccc(-n3c4cccc5ccc6cccc3c6c54)cc2)c1.Brc1cccc(-c2ccc3oc4ccc(-n5c6cccc7ccc8cccc5c8c76)cc4c3c2)c1. The molecular weight excluding hydrogens is 2160 g/mol. The predicted molar refractivity (Wildman–Crippen MR) is 652 cm³/mol. The van der Waals surface area contributed by atoms with Crippen molar-refractivity contribution in [1.29, 1.82) is 0 Å². The zero-order chi connectivity index (χ0) is 99.4. The molecule has 34 rings (SSSR count). The first-order valence-electron chi connectivity index (χ1n) is 50.3. The number of hydrogen-bond acceptors (Lipinski definition) is 2. The lowest BCUT2D eigenvalue weighted by Gasteiger charge is -2.15. The van der Waals surface area contributed by atoms with Gasteiger partial charge in [-0.1, -0.05) is 371 Å². The first kappa shape index (κ1) is 88.4. The number of halogens is 5. The van der Waals surface area contributed by atoms with E-state index in [1.807, 2.05) is 12.1 Å². The average molecular weight is 2240 g/mol. The van der Waals surface area contributed by atoms with Gasteiger partial charge in [-0.2, -0.15) is 0 Å². The van der Waals surface area contributed by atoms with E-state index in [2.05, 4.69) is 576 Å². The second-order valence-electron chi connectivity index (χ2n) is 39.0. The van der Waals surface area contributed by atoms with Crippen molar-refractivity contribution in [2.45, 2.75) is 0 Å². The van der Waals surface area contributed by atoms with Crippen LogP contribution in [0.4, 0.5) is 0 Å². The molecule has 7 heterocycles. The summed E-state index contributed by atoms with van der Waals surface area (Å²) in [6.45, 7) is 0. The topological polar surface area (TPSA) is 50.9 Å². The highest BCUT2D eigenvalue weighted by Gasteiger charge is 2.26. The van der Waals surface area contributed by atoms with Crippen molar-refractivity contribution in [2.75, 3.05) is 0 Å². The lowest BCUT2D eigenvalue weighted by molar-refractivity contribution is 0.668. The molecular formula is C138H80Br5N5O2. The molecule has 0 N–H and O–H groups in total. The molecule has 0 aliphatic rings. The van der Waals surface area contributed by atoms with Gasteiger partial charge in [0, 0.05) is 126 Å². The van der Waals surface area contributed by atoms with Crippen molar-refractivity contribution < 1.29 is 8.83 Å². The Morgan fingerprint density at radius 2 is 0.413 bits per heavy atom. The molecule has 0 bridgehead atoms. The fourth-order valence-electron chi connectivity index (χ4n) is 24.4. The largest absolute Gasteiger partial charge is 0.456 e. The van der Waals surface area contributed by atoms with Gasteiger partial charge >= 0.3 is 0 Å². The van der Waals surface area contributed by atoms with E-state index < -0.39 is 0 Å². The standard InChI is InChI=1S/C32H18BrNO.C30H18BrN.C26H14BrNO.C26H16BrN.C24H14BrN/c33-23-7-1-6-21(16-23)22-12-14-29-25(17-22)26-18-24(13-15-30(26)35-29)34-27-8-2-4-19-10-11-20-5-3-9-28(34)32(20)31(19)27;31-22-15-13-19(14-16-22)23-17-18-26(25-8-2-1-7-24(23)25)32-27-9-3-5-20-11-12-21-6-4-10-28(32)30(21)29(20)27;27-17-9-11-23-19(13-17)20-14-18(10-12-24(20)29-23)28-21-5-1-3-15-7-8-16-4-2-6-22(28)26(16)25(15)21;27-21-7-1-6-20(16-21)17-12-14-22(15-13-17)28-23-8-2-4-18-10-11-19-5-3-9-24(28)26(19)25(18)23;25-19-13-14-20(18-8-2-1-7-17(18)19)26-21-9-3-5-15-11-12-16-6-4-10-22(26)24(16)23(15)21/h1-18H;1-18H;1-14H;1-16H;1-14H. The van der Waals surface area contributed by atoms with Crippen molar-refractivity contribution in [3.8, 4) is 61.8 Å². The van der Waals surface area contributed by atoms with Gasteiger partial charge < -0.3 is 31.7 Å². The van der Waals surface area contributed by atoms with Crippen LogP contribution in [0.5, 0.6) is 0 Å². The van der Waals surface area contributed by atoms with E-state index in [0.29, 0.717) is 0 Å². The summed E-state index contributed by atoms with van der Waals surface area (Å²) in [4.78, 5) is 0. The van der Waals surface area contributed by atoms with Crippen LogP contribution in [0, 0.1) is 0 Å². The van der Waals surface area contributed by atoms with Gasteiger partial charge in [0.05, 0.1) is 66.5 Å².